The van der Waals surface area contributed by atoms with E-state index in [9.17, 15) is 14.4 Å². The van der Waals surface area contributed by atoms with E-state index in [1.54, 1.807) is 18.2 Å². The second-order valence-electron chi connectivity index (χ2n) is 12.6. The summed E-state index contributed by atoms with van der Waals surface area (Å²) in [5.41, 5.74) is -0.338. The second kappa shape index (κ2) is 13.7. The molecule has 0 spiro atoms. The molecular weight excluding hydrogens is 667 g/mol. The van der Waals surface area contributed by atoms with E-state index in [0.29, 0.717) is 18.1 Å². The number of nitrogens with zero attached hydrogens (tertiary/aromatic N) is 1. The van der Waals surface area contributed by atoms with Crippen LogP contribution in [0.1, 0.15) is 70.7 Å². The minimum absolute atomic E-state index is 0.0653. The third-order valence-corrected chi connectivity index (χ3v) is 22.0. The van der Waals surface area contributed by atoms with E-state index < -0.39 is 51.5 Å². The number of carbonyl (C=O) groups is 1. The predicted molar refractivity (Wildman–Crippen MR) is 172 cm³/mol. The molecule has 1 aromatic carbocycles. The molecule has 4 atom stereocenters. The normalized spacial score (nSPS) is 24.7. The van der Waals surface area contributed by atoms with Gasteiger partial charge in [-0.2, -0.15) is 0 Å². The first-order valence-corrected chi connectivity index (χ1v) is 21.0. The van der Waals surface area contributed by atoms with Gasteiger partial charge in [0.25, 0.3) is 0 Å². The maximum atomic E-state index is 13.8. The van der Waals surface area contributed by atoms with E-state index in [1.807, 2.05) is 0 Å². The van der Waals surface area contributed by atoms with Crippen molar-refractivity contribution >= 4 is 38.0 Å². The number of fused-ring (bicyclic) bond motifs is 1. The molecule has 244 valence electrons. The fourth-order valence-electron chi connectivity index (χ4n) is 6.22. The summed E-state index contributed by atoms with van der Waals surface area (Å²) in [6.45, 7) is 17.6. The zero-order chi connectivity index (χ0) is 32.6. The average molecular weight is 714 g/mol. The van der Waals surface area contributed by atoms with Crippen LogP contribution in [0, 0.1) is 0 Å². The van der Waals surface area contributed by atoms with Crippen molar-refractivity contribution in [3.05, 3.63) is 56.9 Å². The molecule has 11 nitrogen and oxygen atoms in total. The number of hydrogen-bond acceptors (Lipinski definition) is 9. The Balaban J connectivity index is 1.86. The van der Waals surface area contributed by atoms with Gasteiger partial charge in [-0.05, 0) is 0 Å². The van der Waals surface area contributed by atoms with Crippen LogP contribution in [0.2, 0.25) is 27.0 Å². The van der Waals surface area contributed by atoms with Gasteiger partial charge in [-0.3, -0.25) is 0 Å². The van der Waals surface area contributed by atoms with Crippen molar-refractivity contribution in [2.45, 2.75) is 99.5 Å². The number of benzene rings is 1. The zero-order valence-corrected chi connectivity index (χ0v) is 31.0. The van der Waals surface area contributed by atoms with Crippen LogP contribution in [-0.4, -0.2) is 80.6 Å². The zero-order valence-electron chi connectivity index (χ0n) is 27.2. The van der Waals surface area contributed by atoms with E-state index in [2.05, 4.69) is 60.4 Å². The van der Waals surface area contributed by atoms with Crippen LogP contribution in [0.4, 0.5) is 0 Å². The first-order chi connectivity index (χ1) is 20.7. The van der Waals surface area contributed by atoms with E-state index in [4.69, 9.17) is 27.2 Å². The van der Waals surface area contributed by atoms with E-state index in [0.717, 1.165) is 0 Å². The van der Waals surface area contributed by atoms with Crippen molar-refractivity contribution in [1.82, 2.24) is 9.55 Å². The van der Waals surface area contributed by atoms with Crippen molar-refractivity contribution < 1.29 is 32.0 Å². The number of carbonyl (C=O) groups excluding carboxylic acids is 1. The number of ether oxygens (including phenoxy) is 3. The summed E-state index contributed by atoms with van der Waals surface area (Å²) >= 11 is -0.316. The molecule has 2 aliphatic rings. The SMILES string of the molecule is COc1cc(OC)cc(C(=O)O[C@@H]2[C@@H]3O[Si](C(C)C)(C(C)C)O[Si](C(C)C)(C(C)C)OC[C@H]3[Se][C@H]2n2ccc(=O)[nH]c2=O)c1. The summed E-state index contributed by atoms with van der Waals surface area (Å²) in [7, 11) is -2.83. The van der Waals surface area contributed by atoms with Gasteiger partial charge in [-0.1, -0.05) is 0 Å². The molecule has 1 N–H and O–H groups in total. The van der Waals surface area contributed by atoms with E-state index in [1.165, 1.54) is 31.0 Å². The molecule has 2 aromatic rings. The second-order valence-corrected chi connectivity index (χ2v) is 24.3. The Kier molecular flexibility index (Phi) is 10.8. The van der Waals surface area contributed by atoms with Gasteiger partial charge in [0.1, 0.15) is 0 Å². The number of nitrogens with one attached hydrogen (secondary N) is 1. The number of aromatic nitrogens is 2. The standard InChI is InChI=1S/C30H46N2O9SeSi2/c1-17(2)43(18(3)4)38-16-24-26(40-44(41-43,19(5)6)20(7)8)27(28(42-24)32-12-11-25(33)31-30(32)35)39-29(34)21-13-22(36-9)15-23(14-21)37-10/h11-15,17-20,24,26-28H,16H2,1-10H3,(H,31,33,35)/t24-,26-,27-,28-/m1/s1. The van der Waals surface area contributed by atoms with E-state index >= 15 is 0 Å². The third-order valence-electron chi connectivity index (χ3n) is 8.57. The Bertz CT molecular complexity index is 1410. The molecule has 1 aromatic heterocycles. The first-order valence-electron chi connectivity index (χ1n) is 15.1. The molecule has 3 heterocycles. The number of hydrogen-bond donors (Lipinski definition) is 1. The summed E-state index contributed by atoms with van der Waals surface area (Å²) in [6, 6.07) is 6.15. The monoisotopic (exact) mass is 714 g/mol. The van der Waals surface area contributed by atoms with Crippen molar-refractivity contribution in [3.63, 3.8) is 0 Å². The molecule has 0 amide bonds. The number of aromatic amines is 1. The molecule has 0 radical (unpaired) electrons. The van der Waals surface area contributed by atoms with Crippen molar-refractivity contribution in [1.29, 1.82) is 0 Å². The quantitative estimate of drug-likeness (QED) is 0.290. The summed E-state index contributed by atoms with van der Waals surface area (Å²) in [6.07, 6.45) is 0.0335. The molecule has 14 heteroatoms. The first kappa shape index (κ1) is 34.7. The van der Waals surface area contributed by atoms with Gasteiger partial charge < -0.3 is 0 Å². The van der Waals surface area contributed by atoms with Crippen molar-refractivity contribution in [2.75, 3.05) is 20.8 Å². The van der Waals surface area contributed by atoms with Crippen molar-refractivity contribution in [3.8, 4) is 11.5 Å². The van der Waals surface area contributed by atoms with Gasteiger partial charge in [-0.15, -0.1) is 0 Å². The van der Waals surface area contributed by atoms with Crippen LogP contribution in [0.3, 0.4) is 0 Å². The van der Waals surface area contributed by atoms with Gasteiger partial charge in [0, 0.05) is 0 Å². The maximum absolute atomic E-state index is 13.8. The Morgan fingerprint density at radius 3 is 2.00 bits per heavy atom. The molecule has 4 rings (SSSR count). The van der Waals surface area contributed by atoms with Gasteiger partial charge in [-0.25, -0.2) is 0 Å². The van der Waals surface area contributed by atoms with Gasteiger partial charge in [0.2, 0.25) is 0 Å². The Hall–Kier alpha value is -2.20. The molecular formula is C30H46N2O9SeSi2. The topological polar surface area (TPSA) is 127 Å². The Labute approximate surface area is 267 Å². The van der Waals surface area contributed by atoms with Crippen LogP contribution in [-0.2, 0) is 17.7 Å². The predicted octanol–water partition coefficient (Wildman–Crippen LogP) is 4.74. The number of methoxy groups -OCH3 is 2. The van der Waals surface area contributed by atoms with Gasteiger partial charge >= 0.3 is 268 Å². The molecule has 0 saturated carbocycles. The van der Waals surface area contributed by atoms with Crippen LogP contribution in [0.25, 0.3) is 0 Å². The third kappa shape index (κ3) is 6.53. The summed E-state index contributed by atoms with van der Waals surface area (Å²) < 4.78 is 40.2. The molecule has 2 saturated heterocycles. The molecule has 0 bridgehead atoms. The molecule has 44 heavy (non-hydrogen) atoms. The van der Waals surface area contributed by atoms with Gasteiger partial charge in [0.05, 0.1) is 0 Å². The molecule has 0 aliphatic carbocycles. The Morgan fingerprint density at radius 1 is 0.932 bits per heavy atom. The van der Waals surface area contributed by atoms with Crippen molar-refractivity contribution in [2.24, 2.45) is 0 Å². The van der Waals surface area contributed by atoms with Crippen LogP contribution in [0.5, 0.6) is 11.5 Å². The van der Waals surface area contributed by atoms with E-state index in [-0.39, 0.29) is 47.5 Å². The summed E-state index contributed by atoms with van der Waals surface area (Å²) in [5, 5.41) is 0. The fourth-order valence-corrected chi connectivity index (χ4v) is 21.2. The van der Waals surface area contributed by atoms with Crippen LogP contribution in [0.15, 0.2) is 40.1 Å². The van der Waals surface area contributed by atoms with Gasteiger partial charge in [0.15, 0.2) is 0 Å². The number of rotatable bonds is 9. The summed E-state index contributed by atoms with van der Waals surface area (Å²) in [4.78, 5) is 40.6. The minimum atomic E-state index is -3.05. The number of esters is 1. The molecule has 2 aliphatic heterocycles. The Morgan fingerprint density at radius 2 is 1.50 bits per heavy atom. The van der Waals surface area contributed by atoms with Crippen LogP contribution < -0.4 is 20.7 Å². The van der Waals surface area contributed by atoms with Crippen LogP contribution >= 0.6 is 0 Å². The number of H-pyrrole nitrogens is 1. The fraction of sp³-hybridized carbons (Fsp3) is 0.633. The summed E-state index contributed by atoms with van der Waals surface area (Å²) in [5.74, 6) is 0.280. The molecule has 2 fully saturated rings. The molecule has 0 unspecified atom stereocenters. The average Bonchev–Trinajstić information content (AvgIpc) is 3.27.